The molecular formula is C34H28N4O4S. The monoisotopic (exact) mass is 588 g/mol. The molecule has 214 valence electrons. The lowest BCUT2D eigenvalue weighted by molar-refractivity contribution is 0.0978. The zero-order valence-corrected chi connectivity index (χ0v) is 24.1. The Morgan fingerprint density at radius 1 is 0.930 bits per heavy atom. The predicted molar refractivity (Wildman–Crippen MR) is 167 cm³/mol. The summed E-state index contributed by atoms with van der Waals surface area (Å²) in [6, 6.07) is 26.7. The van der Waals surface area contributed by atoms with Crippen molar-refractivity contribution >= 4 is 34.5 Å². The Labute approximate surface area is 252 Å². The van der Waals surface area contributed by atoms with E-state index in [1.54, 1.807) is 29.3 Å². The van der Waals surface area contributed by atoms with Gasteiger partial charge >= 0.3 is 0 Å². The minimum absolute atomic E-state index is 0.0402. The van der Waals surface area contributed by atoms with E-state index in [9.17, 15) is 14.4 Å². The summed E-state index contributed by atoms with van der Waals surface area (Å²) in [7, 11) is 0. The molecule has 8 nitrogen and oxygen atoms in total. The van der Waals surface area contributed by atoms with E-state index < -0.39 is 0 Å². The molecule has 0 atom stereocenters. The van der Waals surface area contributed by atoms with Gasteiger partial charge in [0.05, 0.1) is 17.1 Å². The predicted octanol–water partition coefficient (Wildman–Crippen LogP) is 5.53. The number of benzene rings is 2. The van der Waals surface area contributed by atoms with E-state index >= 15 is 0 Å². The molecule has 7 rings (SSSR count). The van der Waals surface area contributed by atoms with Crippen LogP contribution < -0.4 is 20.1 Å². The maximum absolute atomic E-state index is 14.0. The molecule has 1 N–H and O–H groups in total. The van der Waals surface area contributed by atoms with E-state index in [0.717, 1.165) is 38.8 Å². The average Bonchev–Trinajstić information content (AvgIpc) is 3.25. The highest BCUT2D eigenvalue weighted by Gasteiger charge is 2.29. The number of aromatic nitrogens is 2. The fourth-order valence-corrected chi connectivity index (χ4v) is 6.86. The van der Waals surface area contributed by atoms with Crippen molar-refractivity contribution in [2.75, 3.05) is 29.5 Å². The molecule has 0 saturated heterocycles. The maximum Gasteiger partial charge on any atom is 0.276 e. The largest absolute Gasteiger partial charge is 0.491 e. The molecule has 2 aliphatic rings. The van der Waals surface area contributed by atoms with Crippen molar-refractivity contribution in [2.24, 2.45) is 0 Å². The summed E-state index contributed by atoms with van der Waals surface area (Å²) >= 11 is 1.42. The highest BCUT2D eigenvalue weighted by Crippen LogP contribution is 2.42. The minimum Gasteiger partial charge on any atom is -0.491 e. The number of carbonyl (C=O) groups excluding carboxylic acids is 2. The second-order valence-corrected chi connectivity index (χ2v) is 11.6. The number of nitrogens with one attached hydrogen (secondary N) is 1. The number of aromatic amines is 1. The molecule has 0 radical (unpaired) electrons. The fourth-order valence-electron chi connectivity index (χ4n) is 5.68. The molecule has 3 aromatic heterocycles. The number of Topliss-reactive ketones (excluding diaryl/α,β-unsaturated/α-hetero) is 1. The van der Waals surface area contributed by atoms with Crippen LogP contribution in [0.1, 0.15) is 36.9 Å². The number of nitrogens with zero attached hydrogens (tertiary/aromatic N) is 3. The standard InChI is InChI=1S/C34H28N4O4S/c39-28(19-23-8-6-15-35-33(23)40)30-20-22-14-16-38(27-11-3-2-9-25(27)32(22)43-30)34(41)26-10-5-13-31(36-26)37-17-18-42-29-12-4-1-7-24(29)21-37/h1-13,15,20H,14,16-19,21H2,(H,35,40). The summed E-state index contributed by atoms with van der Waals surface area (Å²) in [5.41, 5.74) is 4.36. The number of thiophene rings is 1. The third kappa shape index (κ3) is 5.23. The molecule has 0 bridgehead atoms. The quantitative estimate of drug-likeness (QED) is 0.272. The summed E-state index contributed by atoms with van der Waals surface area (Å²) in [6.07, 6.45) is 2.19. The first-order valence-electron chi connectivity index (χ1n) is 14.2. The Morgan fingerprint density at radius 2 is 1.79 bits per heavy atom. The Hall–Kier alpha value is -5.02. The van der Waals surface area contributed by atoms with Gasteiger partial charge in [-0.15, -0.1) is 11.3 Å². The van der Waals surface area contributed by atoms with Crippen molar-refractivity contribution in [3.05, 3.63) is 129 Å². The molecule has 2 aromatic carbocycles. The van der Waals surface area contributed by atoms with E-state index in [-0.39, 0.29) is 23.7 Å². The van der Waals surface area contributed by atoms with Crippen molar-refractivity contribution in [1.29, 1.82) is 0 Å². The highest BCUT2D eigenvalue weighted by molar-refractivity contribution is 7.17. The molecular weight excluding hydrogens is 560 g/mol. The Kier molecular flexibility index (Phi) is 7.08. The number of amides is 1. The lowest BCUT2D eigenvalue weighted by Crippen LogP contribution is -2.34. The van der Waals surface area contributed by atoms with Gasteiger partial charge in [-0.2, -0.15) is 0 Å². The zero-order chi connectivity index (χ0) is 29.3. The average molecular weight is 589 g/mol. The van der Waals surface area contributed by atoms with Gasteiger partial charge in [0.15, 0.2) is 5.78 Å². The van der Waals surface area contributed by atoms with Gasteiger partial charge in [-0.1, -0.05) is 48.5 Å². The molecule has 5 heterocycles. The first-order chi connectivity index (χ1) is 21.0. The van der Waals surface area contributed by atoms with Gasteiger partial charge in [0, 0.05) is 47.3 Å². The summed E-state index contributed by atoms with van der Waals surface area (Å²) in [5.74, 6) is 1.34. The molecule has 9 heteroatoms. The lowest BCUT2D eigenvalue weighted by Gasteiger charge is -2.24. The molecule has 0 unspecified atom stereocenters. The van der Waals surface area contributed by atoms with E-state index in [4.69, 9.17) is 9.72 Å². The van der Waals surface area contributed by atoms with Gasteiger partial charge in [-0.25, -0.2) is 4.98 Å². The van der Waals surface area contributed by atoms with E-state index in [1.165, 1.54) is 11.3 Å². The molecule has 5 aromatic rings. The van der Waals surface area contributed by atoms with Gasteiger partial charge in [-0.3, -0.25) is 14.4 Å². The molecule has 0 saturated carbocycles. The lowest BCUT2D eigenvalue weighted by atomic mass is 10.1. The van der Waals surface area contributed by atoms with Gasteiger partial charge in [0.1, 0.15) is 23.9 Å². The van der Waals surface area contributed by atoms with Crippen LogP contribution in [-0.4, -0.2) is 41.4 Å². The van der Waals surface area contributed by atoms with Crippen molar-refractivity contribution < 1.29 is 14.3 Å². The second-order valence-electron chi connectivity index (χ2n) is 10.6. The number of ketones is 1. The number of para-hydroxylation sites is 2. The summed E-state index contributed by atoms with van der Waals surface area (Å²) in [6.45, 7) is 2.28. The van der Waals surface area contributed by atoms with Crippen LogP contribution in [0.2, 0.25) is 0 Å². The summed E-state index contributed by atoms with van der Waals surface area (Å²) in [5, 5.41) is 0. The van der Waals surface area contributed by atoms with Crippen molar-refractivity contribution in [2.45, 2.75) is 19.4 Å². The highest BCUT2D eigenvalue weighted by atomic mass is 32.1. The van der Waals surface area contributed by atoms with Crippen LogP contribution in [0.5, 0.6) is 5.75 Å². The second kappa shape index (κ2) is 11.3. The van der Waals surface area contributed by atoms with Crippen LogP contribution >= 0.6 is 11.3 Å². The van der Waals surface area contributed by atoms with Crippen molar-refractivity contribution in [3.63, 3.8) is 0 Å². The first kappa shape index (κ1) is 26.9. The molecule has 0 fully saturated rings. The number of hydrogen-bond acceptors (Lipinski definition) is 7. The summed E-state index contributed by atoms with van der Waals surface area (Å²) in [4.78, 5) is 52.3. The Bertz CT molecular complexity index is 1910. The first-order valence-corrected chi connectivity index (χ1v) is 15.0. The molecule has 43 heavy (non-hydrogen) atoms. The Morgan fingerprint density at radius 3 is 2.70 bits per heavy atom. The SMILES string of the molecule is O=C(Cc1ccc[nH]c1=O)c1cc2c(s1)-c1ccccc1N(C(=O)c1cccc(N3CCOc4ccccc4C3)n1)CC2. The number of anilines is 2. The normalized spacial score (nSPS) is 14.0. The zero-order valence-electron chi connectivity index (χ0n) is 23.3. The number of carbonyl (C=O) groups is 2. The fraction of sp³-hybridized carbons (Fsp3) is 0.176. The number of fused-ring (bicyclic) bond motifs is 4. The van der Waals surface area contributed by atoms with Crippen LogP contribution in [-0.2, 0) is 19.4 Å². The molecule has 1 amide bonds. The third-order valence-electron chi connectivity index (χ3n) is 7.85. The van der Waals surface area contributed by atoms with Gasteiger partial charge in [-0.05, 0) is 48.4 Å². The van der Waals surface area contributed by atoms with E-state index in [2.05, 4.69) is 16.0 Å². The smallest absolute Gasteiger partial charge is 0.276 e. The number of rotatable bonds is 5. The minimum atomic E-state index is -0.250. The van der Waals surface area contributed by atoms with Crippen LogP contribution in [0, 0.1) is 0 Å². The number of H-pyrrole nitrogens is 1. The summed E-state index contributed by atoms with van der Waals surface area (Å²) < 4.78 is 5.93. The van der Waals surface area contributed by atoms with E-state index in [1.807, 2.05) is 60.7 Å². The molecule has 2 aliphatic heterocycles. The number of ether oxygens (including phenoxy) is 1. The number of hydrogen-bond donors (Lipinski definition) is 1. The van der Waals surface area contributed by atoms with Crippen molar-refractivity contribution in [1.82, 2.24) is 9.97 Å². The Balaban J connectivity index is 1.16. The van der Waals surface area contributed by atoms with Crippen LogP contribution in [0.25, 0.3) is 10.4 Å². The van der Waals surface area contributed by atoms with E-state index in [0.29, 0.717) is 48.8 Å². The van der Waals surface area contributed by atoms with Crippen molar-refractivity contribution in [3.8, 4) is 16.2 Å². The van der Waals surface area contributed by atoms with Gasteiger partial charge < -0.3 is 19.5 Å². The molecule has 0 aliphatic carbocycles. The van der Waals surface area contributed by atoms with Gasteiger partial charge in [0.2, 0.25) is 0 Å². The number of pyridine rings is 2. The van der Waals surface area contributed by atoms with Crippen LogP contribution in [0.15, 0.2) is 95.9 Å². The molecule has 0 spiro atoms. The van der Waals surface area contributed by atoms with Crippen LogP contribution in [0.3, 0.4) is 0 Å². The third-order valence-corrected chi connectivity index (χ3v) is 9.11. The van der Waals surface area contributed by atoms with Gasteiger partial charge in [0.25, 0.3) is 11.5 Å². The van der Waals surface area contributed by atoms with Crippen LogP contribution in [0.4, 0.5) is 11.5 Å². The topological polar surface area (TPSA) is 95.6 Å². The maximum atomic E-state index is 14.0.